The van der Waals surface area contributed by atoms with Gasteiger partial charge in [0.25, 0.3) is 0 Å². The van der Waals surface area contributed by atoms with Gasteiger partial charge in [0.2, 0.25) is 0 Å². The quantitative estimate of drug-likeness (QED) is 0.415. The fourth-order valence-corrected chi connectivity index (χ4v) is 0.412. The molecule has 0 fully saturated rings. The zero-order valence-corrected chi connectivity index (χ0v) is 3.42. The third-order valence-corrected chi connectivity index (χ3v) is 0.711. The van der Waals surface area contributed by atoms with E-state index in [0.29, 0.717) is 6.61 Å². The topological polar surface area (TPSA) is 35.2 Å². The van der Waals surface area contributed by atoms with Crippen LogP contribution in [0, 0.1) is 0 Å². The lowest BCUT2D eigenvalue weighted by Gasteiger charge is -1.94. The van der Waals surface area contributed by atoms with Gasteiger partial charge in [0.05, 0.1) is 6.61 Å². The van der Waals surface area contributed by atoms with Crippen molar-refractivity contribution in [1.29, 1.82) is 0 Å². The lowest BCUT2D eigenvalue weighted by molar-refractivity contribution is 0.133. The second-order valence-electron chi connectivity index (χ2n) is 1.23. The largest absolute Gasteiger partial charge is 0.356 e. The van der Waals surface area contributed by atoms with Gasteiger partial charge in [0, 0.05) is 0 Å². The van der Waals surface area contributed by atoms with Crippen LogP contribution < -0.4 is 5.73 Å². The van der Waals surface area contributed by atoms with E-state index >= 15 is 0 Å². The Morgan fingerprint density at radius 2 is 2.67 bits per heavy atom. The molecule has 0 bridgehead atoms. The number of rotatable bonds is 0. The molecule has 0 saturated heterocycles. The van der Waals surface area contributed by atoms with Gasteiger partial charge in [-0.2, -0.15) is 0 Å². The van der Waals surface area contributed by atoms with Crippen molar-refractivity contribution in [2.45, 2.75) is 6.23 Å². The van der Waals surface area contributed by atoms with Crippen LogP contribution in [0.2, 0.25) is 0 Å². The molecule has 2 nitrogen and oxygen atoms in total. The van der Waals surface area contributed by atoms with Crippen LogP contribution in [0.15, 0.2) is 12.2 Å². The van der Waals surface area contributed by atoms with E-state index in [1.807, 2.05) is 12.2 Å². The number of hydrogen-bond donors (Lipinski definition) is 1. The van der Waals surface area contributed by atoms with Crippen LogP contribution in [0.25, 0.3) is 0 Å². The molecule has 0 aliphatic carbocycles. The highest BCUT2D eigenvalue weighted by molar-refractivity contribution is 4.92. The Hall–Kier alpha value is -0.340. The van der Waals surface area contributed by atoms with Gasteiger partial charge in [-0.1, -0.05) is 6.08 Å². The fraction of sp³-hybridized carbons (Fsp3) is 0.500. The molecule has 34 valence electrons. The number of hydrogen-bond acceptors (Lipinski definition) is 2. The van der Waals surface area contributed by atoms with E-state index in [0.717, 1.165) is 0 Å². The van der Waals surface area contributed by atoms with Crippen LogP contribution in [0.4, 0.5) is 0 Å². The summed E-state index contributed by atoms with van der Waals surface area (Å²) in [6.45, 7) is 0.682. The van der Waals surface area contributed by atoms with E-state index in [2.05, 4.69) is 0 Å². The van der Waals surface area contributed by atoms with E-state index in [1.165, 1.54) is 0 Å². The van der Waals surface area contributed by atoms with Gasteiger partial charge in [0.1, 0.15) is 6.23 Å². The van der Waals surface area contributed by atoms with Gasteiger partial charge in [-0.25, -0.2) is 0 Å². The lowest BCUT2D eigenvalue weighted by Crippen LogP contribution is -2.15. The minimum atomic E-state index is -0.134. The number of ether oxygens (including phenoxy) is 1. The van der Waals surface area contributed by atoms with Crippen LogP contribution in [0.3, 0.4) is 0 Å². The Labute approximate surface area is 36.6 Å². The highest BCUT2D eigenvalue weighted by Crippen LogP contribution is 1.93. The number of nitrogens with two attached hydrogens (primary N) is 1. The maximum Gasteiger partial charge on any atom is 0.125 e. The second kappa shape index (κ2) is 1.41. The molecule has 1 heterocycles. The molecule has 0 spiro atoms. The van der Waals surface area contributed by atoms with Crippen molar-refractivity contribution in [3.8, 4) is 0 Å². The molecule has 0 aromatic rings. The molecule has 1 aliphatic heterocycles. The molecule has 1 aliphatic rings. The Balaban J connectivity index is 2.38. The van der Waals surface area contributed by atoms with Crippen LogP contribution in [0.5, 0.6) is 0 Å². The first-order valence-corrected chi connectivity index (χ1v) is 1.93. The van der Waals surface area contributed by atoms with E-state index in [-0.39, 0.29) is 6.23 Å². The fourth-order valence-electron chi connectivity index (χ4n) is 0.412. The van der Waals surface area contributed by atoms with E-state index in [9.17, 15) is 0 Å². The summed E-state index contributed by atoms with van der Waals surface area (Å²) in [5, 5.41) is 0. The standard InChI is InChI=1S/C4H7NO/c5-4-2-1-3-6-4/h1-2,4H,3,5H2. The Bertz CT molecular complexity index is 69.9. The van der Waals surface area contributed by atoms with Crippen molar-refractivity contribution in [3.63, 3.8) is 0 Å². The van der Waals surface area contributed by atoms with Crippen molar-refractivity contribution < 1.29 is 4.74 Å². The van der Waals surface area contributed by atoms with Crippen LogP contribution in [-0.2, 0) is 4.74 Å². The zero-order valence-electron chi connectivity index (χ0n) is 3.42. The Morgan fingerprint density at radius 1 is 1.83 bits per heavy atom. The molecular weight excluding hydrogens is 78.0 g/mol. The van der Waals surface area contributed by atoms with Gasteiger partial charge in [0.15, 0.2) is 0 Å². The minimum Gasteiger partial charge on any atom is -0.356 e. The van der Waals surface area contributed by atoms with E-state index in [4.69, 9.17) is 10.5 Å². The molecule has 1 atom stereocenters. The molecular formula is C4H7NO. The first-order valence-electron chi connectivity index (χ1n) is 1.93. The summed E-state index contributed by atoms with van der Waals surface area (Å²) in [4.78, 5) is 0. The van der Waals surface area contributed by atoms with Crippen molar-refractivity contribution in [1.82, 2.24) is 0 Å². The monoisotopic (exact) mass is 85.1 g/mol. The van der Waals surface area contributed by atoms with Gasteiger partial charge in [-0.3, -0.25) is 0 Å². The summed E-state index contributed by atoms with van der Waals surface area (Å²) in [5.41, 5.74) is 5.23. The van der Waals surface area contributed by atoms with Crippen molar-refractivity contribution in [2.75, 3.05) is 6.61 Å². The summed E-state index contributed by atoms with van der Waals surface area (Å²) < 4.78 is 4.82. The maximum absolute atomic E-state index is 5.23. The van der Waals surface area contributed by atoms with Crippen LogP contribution in [-0.4, -0.2) is 12.8 Å². The van der Waals surface area contributed by atoms with Crippen LogP contribution >= 0.6 is 0 Å². The van der Waals surface area contributed by atoms with Crippen molar-refractivity contribution in [3.05, 3.63) is 12.2 Å². The molecule has 0 saturated carbocycles. The highest BCUT2D eigenvalue weighted by atomic mass is 16.5. The third kappa shape index (κ3) is 0.584. The van der Waals surface area contributed by atoms with Crippen molar-refractivity contribution >= 4 is 0 Å². The summed E-state index contributed by atoms with van der Waals surface area (Å²) in [6.07, 6.45) is 3.61. The minimum absolute atomic E-state index is 0.134. The molecule has 0 aromatic heterocycles. The molecule has 6 heavy (non-hydrogen) atoms. The Kier molecular flexibility index (Phi) is 0.900. The first-order chi connectivity index (χ1) is 2.89. The smallest absolute Gasteiger partial charge is 0.125 e. The first kappa shape index (κ1) is 3.84. The Morgan fingerprint density at radius 3 is 2.83 bits per heavy atom. The molecule has 0 amide bonds. The van der Waals surface area contributed by atoms with E-state index < -0.39 is 0 Å². The summed E-state index contributed by atoms with van der Waals surface area (Å²) in [5.74, 6) is 0. The van der Waals surface area contributed by atoms with E-state index in [1.54, 1.807) is 0 Å². The molecule has 2 heteroatoms. The summed E-state index contributed by atoms with van der Waals surface area (Å²) in [6, 6.07) is 0. The van der Waals surface area contributed by atoms with Crippen LogP contribution in [0.1, 0.15) is 0 Å². The average Bonchev–Trinajstić information content (AvgIpc) is 1.86. The maximum atomic E-state index is 5.23. The normalized spacial score (nSPS) is 31.8. The zero-order chi connectivity index (χ0) is 4.41. The average molecular weight is 85.1 g/mol. The molecule has 0 radical (unpaired) electrons. The molecule has 1 unspecified atom stereocenters. The highest BCUT2D eigenvalue weighted by Gasteiger charge is 1.98. The summed E-state index contributed by atoms with van der Waals surface area (Å²) in [7, 11) is 0. The summed E-state index contributed by atoms with van der Waals surface area (Å²) >= 11 is 0. The van der Waals surface area contributed by atoms with Gasteiger partial charge in [-0.15, -0.1) is 0 Å². The predicted molar refractivity (Wildman–Crippen MR) is 23.1 cm³/mol. The van der Waals surface area contributed by atoms with Crippen molar-refractivity contribution in [2.24, 2.45) is 5.73 Å². The predicted octanol–water partition coefficient (Wildman–Crippen LogP) is -0.142. The lowest BCUT2D eigenvalue weighted by atomic mass is 10.5. The third-order valence-electron chi connectivity index (χ3n) is 0.711. The SMILES string of the molecule is NC1C=CCO1. The van der Waals surface area contributed by atoms with Gasteiger partial charge in [-0.05, 0) is 6.08 Å². The molecule has 0 aromatic carbocycles. The second-order valence-corrected chi connectivity index (χ2v) is 1.23. The van der Waals surface area contributed by atoms with Gasteiger partial charge < -0.3 is 10.5 Å². The molecule has 1 rings (SSSR count). The van der Waals surface area contributed by atoms with Gasteiger partial charge >= 0.3 is 0 Å². The molecule has 2 N–H and O–H groups in total.